The van der Waals surface area contributed by atoms with Crippen LogP contribution in [0.3, 0.4) is 0 Å². The molecule has 0 radical (unpaired) electrons. The van der Waals surface area contributed by atoms with Crippen LogP contribution >= 0.6 is 0 Å². The molecule has 0 bridgehead atoms. The Hall–Kier alpha value is -1.02. The van der Waals surface area contributed by atoms with Gasteiger partial charge in [0.1, 0.15) is 0 Å². The largest absolute Gasteiger partial charge is 0.374 e. The molecular weight excluding hydrogens is 220 g/mol. The predicted molar refractivity (Wildman–Crippen MR) is 81.3 cm³/mol. The maximum atomic E-state index is 3.44. The molecule has 1 rings (SSSR count). The molecule has 0 heterocycles. The van der Waals surface area contributed by atoms with Crippen LogP contribution in [0.2, 0.25) is 0 Å². The summed E-state index contributed by atoms with van der Waals surface area (Å²) in [6, 6.07) is 9.31. The third-order valence-corrected chi connectivity index (χ3v) is 3.06. The smallest absolute Gasteiger partial charge is 0.0363 e. The van der Waals surface area contributed by atoms with E-state index in [4.69, 9.17) is 0 Å². The number of hydrogen-bond acceptors (Lipinski definition) is 2. The number of benzene rings is 1. The molecule has 0 aromatic heterocycles. The molecule has 0 saturated heterocycles. The van der Waals surface area contributed by atoms with Crippen molar-refractivity contribution >= 4 is 5.69 Å². The predicted octanol–water partition coefficient (Wildman–Crippen LogP) is 3.84. The van der Waals surface area contributed by atoms with E-state index in [1.54, 1.807) is 0 Å². The van der Waals surface area contributed by atoms with Crippen molar-refractivity contribution in [3.05, 3.63) is 29.8 Å². The maximum Gasteiger partial charge on any atom is 0.0363 e. The van der Waals surface area contributed by atoms with Gasteiger partial charge in [-0.3, -0.25) is 0 Å². The van der Waals surface area contributed by atoms with Gasteiger partial charge >= 0.3 is 0 Å². The van der Waals surface area contributed by atoms with Gasteiger partial charge in [-0.05, 0) is 36.6 Å². The lowest BCUT2D eigenvalue weighted by Crippen LogP contribution is -2.29. The van der Waals surface area contributed by atoms with Gasteiger partial charge in [-0.1, -0.05) is 39.8 Å². The lowest BCUT2D eigenvalue weighted by Gasteiger charge is -2.28. The van der Waals surface area contributed by atoms with Gasteiger partial charge in [-0.25, -0.2) is 0 Å². The fourth-order valence-electron chi connectivity index (χ4n) is 2.24. The van der Waals surface area contributed by atoms with Crippen LogP contribution in [0.1, 0.15) is 46.2 Å². The first-order valence-corrected chi connectivity index (χ1v) is 6.88. The van der Waals surface area contributed by atoms with Crippen LogP contribution in [0.15, 0.2) is 24.3 Å². The van der Waals surface area contributed by atoms with E-state index in [1.165, 1.54) is 11.3 Å². The highest BCUT2D eigenvalue weighted by Crippen LogP contribution is 2.22. The second kappa shape index (κ2) is 6.24. The van der Waals surface area contributed by atoms with Gasteiger partial charge in [0.15, 0.2) is 0 Å². The summed E-state index contributed by atoms with van der Waals surface area (Å²) in [4.78, 5) is 2.32. The first-order valence-electron chi connectivity index (χ1n) is 6.88. The summed E-state index contributed by atoms with van der Waals surface area (Å²) in [5.74, 6) is 0. The highest BCUT2D eigenvalue weighted by atomic mass is 15.1. The highest BCUT2D eigenvalue weighted by molar-refractivity contribution is 5.47. The zero-order valence-corrected chi connectivity index (χ0v) is 12.7. The van der Waals surface area contributed by atoms with Crippen LogP contribution in [0.4, 0.5) is 5.69 Å². The third-order valence-electron chi connectivity index (χ3n) is 3.06. The van der Waals surface area contributed by atoms with E-state index in [-0.39, 0.29) is 0 Å². The zero-order valence-electron chi connectivity index (χ0n) is 12.7. The molecule has 1 aromatic carbocycles. The number of rotatable bonds is 5. The molecule has 0 aliphatic rings. The minimum absolute atomic E-state index is 0.324. The summed E-state index contributed by atoms with van der Waals surface area (Å²) >= 11 is 0. The fraction of sp³-hybridized carbons (Fsp3) is 0.625. The summed E-state index contributed by atoms with van der Waals surface area (Å²) in [6.45, 7) is 13.2. The van der Waals surface area contributed by atoms with E-state index in [2.05, 4.69) is 76.1 Å². The van der Waals surface area contributed by atoms with E-state index >= 15 is 0 Å². The molecule has 2 nitrogen and oxygen atoms in total. The van der Waals surface area contributed by atoms with Gasteiger partial charge in [-0.2, -0.15) is 0 Å². The Balaban J connectivity index is 2.70. The quantitative estimate of drug-likeness (QED) is 0.851. The van der Waals surface area contributed by atoms with Gasteiger partial charge in [0, 0.05) is 25.3 Å². The minimum atomic E-state index is 0.324. The van der Waals surface area contributed by atoms with Crippen LogP contribution in [0.25, 0.3) is 0 Å². The second-order valence-electron chi connectivity index (χ2n) is 6.29. The highest BCUT2D eigenvalue weighted by Gasteiger charge is 2.14. The van der Waals surface area contributed by atoms with E-state index in [9.17, 15) is 0 Å². The van der Waals surface area contributed by atoms with Crippen molar-refractivity contribution in [3.63, 3.8) is 0 Å². The Kier molecular flexibility index (Phi) is 5.21. The molecule has 0 amide bonds. The maximum absolute atomic E-state index is 3.44. The number of nitrogens with zero attached hydrogens (tertiary/aromatic N) is 1. The lowest BCUT2D eigenvalue weighted by molar-refractivity contribution is 0.419. The monoisotopic (exact) mass is 248 g/mol. The van der Waals surface area contributed by atoms with Crippen molar-refractivity contribution in [3.8, 4) is 0 Å². The average Bonchev–Trinajstić information content (AvgIpc) is 2.27. The average molecular weight is 248 g/mol. The van der Waals surface area contributed by atoms with Crippen molar-refractivity contribution < 1.29 is 0 Å². The number of nitrogens with one attached hydrogen (secondary N) is 1. The standard InChI is InChI=1S/C16H28N2/c1-7-17-13(2)14-8-10-15(11-9-14)18(6)12-16(3,4)5/h8-11,13,17H,7,12H2,1-6H3. The summed E-state index contributed by atoms with van der Waals surface area (Å²) in [5.41, 5.74) is 2.96. The topological polar surface area (TPSA) is 15.3 Å². The summed E-state index contributed by atoms with van der Waals surface area (Å²) in [6.07, 6.45) is 0. The second-order valence-corrected chi connectivity index (χ2v) is 6.29. The molecule has 2 heteroatoms. The summed E-state index contributed by atoms with van der Waals surface area (Å²) in [7, 11) is 2.16. The van der Waals surface area contributed by atoms with Gasteiger partial charge in [0.2, 0.25) is 0 Å². The van der Waals surface area contributed by atoms with Gasteiger partial charge in [0.25, 0.3) is 0 Å². The van der Waals surface area contributed by atoms with Crippen LogP contribution in [0.5, 0.6) is 0 Å². The van der Waals surface area contributed by atoms with Gasteiger partial charge in [0.05, 0.1) is 0 Å². The van der Waals surface area contributed by atoms with E-state index in [1.807, 2.05) is 0 Å². The summed E-state index contributed by atoms with van der Waals surface area (Å²) < 4.78 is 0. The van der Waals surface area contributed by atoms with Crippen LogP contribution in [-0.4, -0.2) is 20.1 Å². The van der Waals surface area contributed by atoms with Crippen LogP contribution in [-0.2, 0) is 0 Å². The molecule has 18 heavy (non-hydrogen) atoms. The van der Waals surface area contributed by atoms with Crippen molar-refractivity contribution in [1.29, 1.82) is 0 Å². The molecule has 0 fully saturated rings. The molecule has 1 atom stereocenters. The molecule has 102 valence electrons. The van der Waals surface area contributed by atoms with Crippen LogP contribution < -0.4 is 10.2 Å². The van der Waals surface area contributed by atoms with Crippen LogP contribution in [0, 0.1) is 5.41 Å². The lowest BCUT2D eigenvalue weighted by atomic mass is 9.96. The Labute approximate surface area is 112 Å². The van der Waals surface area contributed by atoms with E-state index in [0.29, 0.717) is 11.5 Å². The Morgan fingerprint density at radius 2 is 1.72 bits per heavy atom. The molecule has 0 spiro atoms. The Morgan fingerprint density at radius 3 is 2.17 bits per heavy atom. The SMILES string of the molecule is CCNC(C)c1ccc(N(C)CC(C)(C)C)cc1. The third kappa shape index (κ3) is 4.69. The number of anilines is 1. The van der Waals surface area contributed by atoms with Crippen molar-refractivity contribution in [2.24, 2.45) is 5.41 Å². The molecular formula is C16H28N2. The molecule has 1 aromatic rings. The van der Waals surface area contributed by atoms with Crippen molar-refractivity contribution in [1.82, 2.24) is 5.32 Å². The molecule has 0 aliphatic heterocycles. The molecule has 1 N–H and O–H groups in total. The van der Waals surface area contributed by atoms with Gasteiger partial charge < -0.3 is 10.2 Å². The van der Waals surface area contributed by atoms with E-state index in [0.717, 1.165) is 13.1 Å². The molecule has 0 saturated carbocycles. The van der Waals surface area contributed by atoms with E-state index < -0.39 is 0 Å². The number of hydrogen-bond donors (Lipinski definition) is 1. The van der Waals surface area contributed by atoms with Crippen molar-refractivity contribution in [2.75, 3.05) is 25.0 Å². The normalized spacial score (nSPS) is 13.4. The first kappa shape index (κ1) is 15.0. The van der Waals surface area contributed by atoms with Gasteiger partial charge in [-0.15, -0.1) is 0 Å². The molecule has 0 aliphatic carbocycles. The zero-order chi connectivity index (χ0) is 13.8. The summed E-state index contributed by atoms with van der Waals surface area (Å²) in [5, 5.41) is 3.44. The molecule has 1 unspecified atom stereocenters. The Morgan fingerprint density at radius 1 is 1.17 bits per heavy atom. The van der Waals surface area contributed by atoms with Crippen molar-refractivity contribution in [2.45, 2.75) is 40.7 Å². The Bertz CT molecular complexity index is 348. The first-order chi connectivity index (χ1) is 8.33. The minimum Gasteiger partial charge on any atom is -0.374 e. The fourth-order valence-corrected chi connectivity index (χ4v) is 2.24.